The molecule has 6 heteroatoms. The van der Waals surface area contributed by atoms with Crippen LogP contribution < -0.4 is 10.6 Å². The van der Waals surface area contributed by atoms with E-state index in [0.717, 1.165) is 32.0 Å². The summed E-state index contributed by atoms with van der Waals surface area (Å²) < 4.78 is 1.97. The Morgan fingerprint density at radius 1 is 1.45 bits per heavy atom. The summed E-state index contributed by atoms with van der Waals surface area (Å²) in [6.45, 7) is 4.67. The average molecular weight is 291 g/mol. The zero-order valence-electron chi connectivity index (χ0n) is 12.0. The number of aryl methyl sites for hydroxylation is 2. The van der Waals surface area contributed by atoms with Gasteiger partial charge in [0.2, 0.25) is 0 Å². The van der Waals surface area contributed by atoms with Gasteiger partial charge in [-0.15, -0.1) is 11.3 Å². The van der Waals surface area contributed by atoms with Gasteiger partial charge in [-0.2, -0.15) is 5.10 Å². The van der Waals surface area contributed by atoms with Gasteiger partial charge in [-0.05, 0) is 30.4 Å². The minimum Gasteiger partial charge on any atom is -0.356 e. The van der Waals surface area contributed by atoms with Crippen molar-refractivity contribution in [3.05, 3.63) is 40.3 Å². The summed E-state index contributed by atoms with van der Waals surface area (Å²) in [6.07, 6.45) is 4.96. The number of aliphatic imine (C=N–C) groups is 1. The van der Waals surface area contributed by atoms with E-state index in [1.165, 1.54) is 10.4 Å². The van der Waals surface area contributed by atoms with Crippen molar-refractivity contribution in [1.29, 1.82) is 0 Å². The molecular weight excluding hydrogens is 270 g/mol. The summed E-state index contributed by atoms with van der Waals surface area (Å²) in [5.74, 6) is 0.843. The second-order valence-corrected chi connectivity index (χ2v) is 5.60. The van der Waals surface area contributed by atoms with Crippen LogP contribution in [0.25, 0.3) is 0 Å². The van der Waals surface area contributed by atoms with Crippen molar-refractivity contribution >= 4 is 17.3 Å². The molecule has 2 aromatic heterocycles. The highest BCUT2D eigenvalue weighted by molar-refractivity contribution is 7.09. The summed E-state index contributed by atoms with van der Waals surface area (Å²) in [7, 11) is 1.79. The molecule has 0 aliphatic rings. The fourth-order valence-corrected chi connectivity index (χ4v) is 2.49. The van der Waals surface area contributed by atoms with E-state index in [-0.39, 0.29) is 0 Å². The average Bonchev–Trinajstić information content (AvgIpc) is 3.09. The van der Waals surface area contributed by atoms with Crippen molar-refractivity contribution in [2.45, 2.75) is 26.4 Å². The molecule has 2 heterocycles. The van der Waals surface area contributed by atoms with Crippen LogP contribution in [0.1, 0.15) is 16.9 Å². The number of nitrogens with one attached hydrogen (secondary N) is 2. The molecule has 0 fully saturated rings. The predicted molar refractivity (Wildman–Crippen MR) is 84.1 cm³/mol. The van der Waals surface area contributed by atoms with Gasteiger partial charge in [-0.1, -0.05) is 6.07 Å². The number of aromatic nitrogens is 2. The van der Waals surface area contributed by atoms with Crippen molar-refractivity contribution < 1.29 is 0 Å². The Hall–Kier alpha value is -1.82. The van der Waals surface area contributed by atoms with Crippen LogP contribution in [0, 0.1) is 6.92 Å². The van der Waals surface area contributed by atoms with Crippen molar-refractivity contribution in [1.82, 2.24) is 20.4 Å². The summed E-state index contributed by atoms with van der Waals surface area (Å²) >= 11 is 1.75. The van der Waals surface area contributed by atoms with Gasteiger partial charge in [0.05, 0.1) is 12.7 Å². The molecule has 0 aliphatic carbocycles. The maximum absolute atomic E-state index is 4.27. The largest absolute Gasteiger partial charge is 0.356 e. The molecule has 5 nitrogen and oxygen atoms in total. The molecule has 0 atom stereocenters. The molecule has 0 aromatic carbocycles. The molecule has 20 heavy (non-hydrogen) atoms. The summed E-state index contributed by atoms with van der Waals surface area (Å²) in [5.41, 5.74) is 1.20. The van der Waals surface area contributed by atoms with Crippen LogP contribution in [0.5, 0.6) is 0 Å². The van der Waals surface area contributed by atoms with Crippen LogP contribution in [-0.4, -0.2) is 29.3 Å². The minimum absolute atomic E-state index is 0.815. The lowest BCUT2D eigenvalue weighted by atomic mass is 10.4. The van der Waals surface area contributed by atoms with Crippen LogP contribution in [0.2, 0.25) is 0 Å². The SMILES string of the molecule is CN=C(NCCCn1cc(C)cn1)NCc1cccs1. The Morgan fingerprint density at radius 2 is 2.35 bits per heavy atom. The van der Waals surface area contributed by atoms with E-state index in [4.69, 9.17) is 0 Å². The van der Waals surface area contributed by atoms with Gasteiger partial charge in [0.25, 0.3) is 0 Å². The minimum atomic E-state index is 0.815. The quantitative estimate of drug-likeness (QED) is 0.486. The second kappa shape index (κ2) is 7.69. The Morgan fingerprint density at radius 3 is 3.00 bits per heavy atom. The first-order valence-corrected chi connectivity index (χ1v) is 7.62. The smallest absolute Gasteiger partial charge is 0.191 e. The van der Waals surface area contributed by atoms with E-state index < -0.39 is 0 Å². The molecule has 0 unspecified atom stereocenters. The van der Waals surface area contributed by atoms with E-state index in [1.54, 1.807) is 18.4 Å². The van der Waals surface area contributed by atoms with Crippen molar-refractivity contribution in [3.63, 3.8) is 0 Å². The van der Waals surface area contributed by atoms with Gasteiger partial charge >= 0.3 is 0 Å². The van der Waals surface area contributed by atoms with Gasteiger partial charge in [0.1, 0.15) is 0 Å². The molecule has 0 saturated carbocycles. The zero-order valence-corrected chi connectivity index (χ0v) is 12.8. The van der Waals surface area contributed by atoms with Crippen LogP contribution >= 0.6 is 11.3 Å². The van der Waals surface area contributed by atoms with Gasteiger partial charge in [-0.25, -0.2) is 0 Å². The molecular formula is C14H21N5S. The number of hydrogen-bond acceptors (Lipinski definition) is 3. The molecule has 2 rings (SSSR count). The van der Waals surface area contributed by atoms with Gasteiger partial charge < -0.3 is 10.6 Å². The van der Waals surface area contributed by atoms with Gasteiger partial charge in [-0.3, -0.25) is 9.67 Å². The van der Waals surface area contributed by atoms with Crippen LogP contribution in [0.4, 0.5) is 0 Å². The van der Waals surface area contributed by atoms with Crippen LogP contribution in [-0.2, 0) is 13.1 Å². The maximum atomic E-state index is 4.27. The predicted octanol–water partition coefficient (Wildman–Crippen LogP) is 2.01. The lowest BCUT2D eigenvalue weighted by Crippen LogP contribution is -2.37. The molecule has 0 radical (unpaired) electrons. The molecule has 0 amide bonds. The molecule has 0 aliphatic heterocycles. The highest BCUT2D eigenvalue weighted by atomic mass is 32.1. The standard InChI is InChI=1S/C14H21N5S/c1-12-9-18-19(11-12)7-4-6-16-14(15-2)17-10-13-5-3-8-20-13/h3,5,8-9,11H,4,6-7,10H2,1-2H3,(H2,15,16,17). The number of rotatable bonds is 6. The lowest BCUT2D eigenvalue weighted by molar-refractivity contribution is 0.570. The molecule has 2 N–H and O–H groups in total. The normalized spacial score (nSPS) is 11.6. The Kier molecular flexibility index (Phi) is 5.61. The van der Waals surface area contributed by atoms with Gasteiger partial charge in [0, 0.05) is 31.2 Å². The fourth-order valence-electron chi connectivity index (χ4n) is 1.84. The molecule has 108 valence electrons. The second-order valence-electron chi connectivity index (χ2n) is 4.57. The highest BCUT2D eigenvalue weighted by Gasteiger charge is 1.99. The van der Waals surface area contributed by atoms with Gasteiger partial charge in [0.15, 0.2) is 5.96 Å². The Bertz CT molecular complexity index is 530. The first kappa shape index (κ1) is 14.6. The zero-order chi connectivity index (χ0) is 14.2. The fraction of sp³-hybridized carbons (Fsp3) is 0.429. The van der Waals surface area contributed by atoms with Crippen molar-refractivity contribution in [3.8, 4) is 0 Å². The lowest BCUT2D eigenvalue weighted by Gasteiger charge is -2.11. The summed E-state index contributed by atoms with van der Waals surface area (Å²) in [5, 5.41) is 13.0. The number of guanidine groups is 1. The third-order valence-electron chi connectivity index (χ3n) is 2.85. The highest BCUT2D eigenvalue weighted by Crippen LogP contribution is 2.07. The Balaban J connectivity index is 1.64. The van der Waals surface area contributed by atoms with Crippen LogP contribution in [0.15, 0.2) is 34.9 Å². The number of thiophene rings is 1. The molecule has 0 bridgehead atoms. The maximum Gasteiger partial charge on any atom is 0.191 e. The molecule has 0 spiro atoms. The van der Waals surface area contributed by atoms with Crippen molar-refractivity contribution in [2.24, 2.45) is 4.99 Å². The summed E-state index contributed by atoms with van der Waals surface area (Å²) in [6, 6.07) is 4.18. The topological polar surface area (TPSA) is 54.2 Å². The number of hydrogen-bond donors (Lipinski definition) is 2. The number of nitrogens with zero attached hydrogens (tertiary/aromatic N) is 3. The van der Waals surface area contributed by atoms with E-state index in [9.17, 15) is 0 Å². The first-order valence-electron chi connectivity index (χ1n) is 6.74. The Labute approximate surface area is 123 Å². The van der Waals surface area contributed by atoms with E-state index in [2.05, 4.69) is 51.4 Å². The third kappa shape index (κ3) is 4.70. The summed E-state index contributed by atoms with van der Waals surface area (Å²) in [4.78, 5) is 5.52. The van der Waals surface area contributed by atoms with Crippen molar-refractivity contribution in [2.75, 3.05) is 13.6 Å². The van der Waals surface area contributed by atoms with E-state index >= 15 is 0 Å². The van der Waals surface area contributed by atoms with Crippen LogP contribution in [0.3, 0.4) is 0 Å². The molecule has 2 aromatic rings. The van der Waals surface area contributed by atoms with E-state index in [1.807, 2.05) is 10.9 Å². The molecule has 0 saturated heterocycles. The monoisotopic (exact) mass is 291 g/mol. The third-order valence-corrected chi connectivity index (χ3v) is 3.73. The van der Waals surface area contributed by atoms with E-state index in [0.29, 0.717) is 0 Å². The first-order chi connectivity index (χ1) is 9.78.